The number of aromatic nitrogens is 2. The lowest BCUT2D eigenvalue weighted by Gasteiger charge is -2.12. The summed E-state index contributed by atoms with van der Waals surface area (Å²) in [5.74, 6) is 2.26. The van der Waals surface area contributed by atoms with Crippen LogP contribution in [0, 0.1) is 6.92 Å². The van der Waals surface area contributed by atoms with Crippen LogP contribution in [0.3, 0.4) is 0 Å². The fourth-order valence-corrected chi connectivity index (χ4v) is 2.29. The van der Waals surface area contributed by atoms with Crippen molar-refractivity contribution in [1.82, 2.24) is 15.3 Å². The first-order valence-corrected chi connectivity index (χ1v) is 8.04. The van der Waals surface area contributed by atoms with Gasteiger partial charge >= 0.3 is 0 Å². The molecule has 2 aromatic rings. The Hall–Kier alpha value is -2.83. The fourth-order valence-electron chi connectivity index (χ4n) is 2.29. The van der Waals surface area contributed by atoms with Gasteiger partial charge in [-0.2, -0.15) is 0 Å². The Bertz CT molecular complexity index is 747. The first kappa shape index (κ1) is 18.5. The second kappa shape index (κ2) is 8.32. The Morgan fingerprint density at radius 1 is 1.12 bits per heavy atom. The summed E-state index contributed by atoms with van der Waals surface area (Å²) in [6, 6.07) is 7.38. The third kappa shape index (κ3) is 5.07. The van der Waals surface area contributed by atoms with Crippen LogP contribution in [-0.4, -0.2) is 36.1 Å². The Kier molecular flexibility index (Phi) is 6.16. The van der Waals surface area contributed by atoms with Crippen LogP contribution in [0.25, 0.3) is 0 Å². The molecular weight excluding hydrogens is 320 g/mol. The van der Waals surface area contributed by atoms with Crippen molar-refractivity contribution in [2.24, 2.45) is 0 Å². The molecule has 7 nitrogen and oxygen atoms in total. The standard InChI is InChI=1S/C18H24N4O3/c1-11(2)20-18(23)14-9-17(22-12(3)21-14)19-10-13-6-7-15(24-4)16(8-13)25-5/h6-9,11H,10H2,1-5H3,(H,20,23)(H,19,21,22). The van der Waals surface area contributed by atoms with Gasteiger partial charge in [-0.05, 0) is 38.5 Å². The number of hydrogen-bond acceptors (Lipinski definition) is 6. The Labute approximate surface area is 147 Å². The summed E-state index contributed by atoms with van der Waals surface area (Å²) < 4.78 is 10.5. The highest BCUT2D eigenvalue weighted by Crippen LogP contribution is 2.27. The smallest absolute Gasteiger partial charge is 0.270 e. The number of anilines is 1. The second-order valence-corrected chi connectivity index (χ2v) is 5.86. The van der Waals surface area contributed by atoms with Gasteiger partial charge in [0.1, 0.15) is 17.3 Å². The predicted molar refractivity (Wildman–Crippen MR) is 96.2 cm³/mol. The normalized spacial score (nSPS) is 10.5. The molecule has 0 fully saturated rings. The SMILES string of the molecule is COc1ccc(CNc2cc(C(=O)NC(C)C)nc(C)n2)cc1OC. The highest BCUT2D eigenvalue weighted by atomic mass is 16.5. The number of rotatable bonds is 7. The van der Waals surface area contributed by atoms with Crippen LogP contribution in [0.2, 0.25) is 0 Å². The molecule has 0 atom stereocenters. The van der Waals surface area contributed by atoms with Gasteiger partial charge in [0.25, 0.3) is 5.91 Å². The van der Waals surface area contributed by atoms with E-state index in [1.165, 1.54) is 0 Å². The van der Waals surface area contributed by atoms with Crippen LogP contribution in [0.5, 0.6) is 11.5 Å². The number of nitrogens with one attached hydrogen (secondary N) is 2. The third-order valence-corrected chi connectivity index (χ3v) is 3.41. The zero-order chi connectivity index (χ0) is 18.4. The topological polar surface area (TPSA) is 85.4 Å². The molecule has 0 spiro atoms. The molecule has 2 rings (SSSR count). The lowest BCUT2D eigenvalue weighted by Crippen LogP contribution is -2.31. The molecule has 1 aromatic heterocycles. The number of ether oxygens (including phenoxy) is 2. The van der Waals surface area contributed by atoms with Gasteiger partial charge in [-0.1, -0.05) is 6.07 Å². The lowest BCUT2D eigenvalue weighted by atomic mass is 10.2. The number of benzene rings is 1. The average molecular weight is 344 g/mol. The first-order valence-electron chi connectivity index (χ1n) is 8.04. The van der Waals surface area contributed by atoms with Gasteiger partial charge in [-0.3, -0.25) is 4.79 Å². The van der Waals surface area contributed by atoms with Crippen LogP contribution < -0.4 is 20.1 Å². The first-order chi connectivity index (χ1) is 11.9. The van der Waals surface area contributed by atoms with E-state index in [1.54, 1.807) is 27.2 Å². The molecule has 0 saturated heterocycles. The van der Waals surface area contributed by atoms with E-state index in [4.69, 9.17) is 9.47 Å². The number of methoxy groups -OCH3 is 2. The summed E-state index contributed by atoms with van der Waals surface area (Å²) in [6.07, 6.45) is 0. The summed E-state index contributed by atoms with van der Waals surface area (Å²) in [5, 5.41) is 6.04. The van der Waals surface area contributed by atoms with Crippen LogP contribution >= 0.6 is 0 Å². The van der Waals surface area contributed by atoms with Crippen LogP contribution in [0.15, 0.2) is 24.3 Å². The molecule has 1 heterocycles. The summed E-state index contributed by atoms with van der Waals surface area (Å²) >= 11 is 0. The Morgan fingerprint density at radius 3 is 2.48 bits per heavy atom. The summed E-state index contributed by atoms with van der Waals surface area (Å²) in [7, 11) is 3.20. The quantitative estimate of drug-likeness (QED) is 0.803. The van der Waals surface area contributed by atoms with E-state index in [9.17, 15) is 4.79 Å². The maximum absolute atomic E-state index is 12.1. The predicted octanol–water partition coefficient (Wildman–Crippen LogP) is 2.55. The van der Waals surface area contributed by atoms with Gasteiger partial charge in [-0.25, -0.2) is 9.97 Å². The monoisotopic (exact) mass is 344 g/mol. The number of nitrogens with zero attached hydrogens (tertiary/aromatic N) is 2. The maximum atomic E-state index is 12.1. The molecule has 2 N–H and O–H groups in total. The van der Waals surface area contributed by atoms with Crippen molar-refractivity contribution in [2.45, 2.75) is 33.4 Å². The largest absolute Gasteiger partial charge is 0.493 e. The van der Waals surface area contributed by atoms with Crippen molar-refractivity contribution in [3.8, 4) is 11.5 Å². The maximum Gasteiger partial charge on any atom is 0.270 e. The molecule has 1 aromatic carbocycles. The summed E-state index contributed by atoms with van der Waals surface area (Å²) in [6.45, 7) is 6.10. The zero-order valence-corrected chi connectivity index (χ0v) is 15.2. The highest BCUT2D eigenvalue weighted by molar-refractivity contribution is 5.93. The van der Waals surface area contributed by atoms with Crippen molar-refractivity contribution in [2.75, 3.05) is 19.5 Å². The van der Waals surface area contributed by atoms with Gasteiger partial charge < -0.3 is 20.1 Å². The summed E-state index contributed by atoms with van der Waals surface area (Å²) in [4.78, 5) is 20.6. The summed E-state index contributed by atoms with van der Waals surface area (Å²) in [5.41, 5.74) is 1.35. The zero-order valence-electron chi connectivity index (χ0n) is 15.2. The van der Waals surface area contributed by atoms with E-state index < -0.39 is 0 Å². The van der Waals surface area contributed by atoms with Gasteiger partial charge in [-0.15, -0.1) is 0 Å². The van der Waals surface area contributed by atoms with Crippen molar-refractivity contribution in [3.05, 3.63) is 41.3 Å². The van der Waals surface area contributed by atoms with Gasteiger partial charge in [0.15, 0.2) is 11.5 Å². The van der Waals surface area contributed by atoms with E-state index in [-0.39, 0.29) is 11.9 Å². The molecule has 7 heteroatoms. The van der Waals surface area contributed by atoms with Gasteiger partial charge in [0.05, 0.1) is 14.2 Å². The van der Waals surface area contributed by atoms with Crippen molar-refractivity contribution >= 4 is 11.7 Å². The van der Waals surface area contributed by atoms with Crippen LogP contribution in [0.1, 0.15) is 35.7 Å². The highest BCUT2D eigenvalue weighted by Gasteiger charge is 2.12. The van der Waals surface area contributed by atoms with E-state index in [1.807, 2.05) is 32.0 Å². The van der Waals surface area contributed by atoms with E-state index in [0.29, 0.717) is 35.4 Å². The molecular formula is C18H24N4O3. The van der Waals surface area contributed by atoms with Gasteiger partial charge in [0, 0.05) is 18.7 Å². The number of amides is 1. The molecule has 134 valence electrons. The molecule has 0 aliphatic heterocycles. The van der Waals surface area contributed by atoms with E-state index in [0.717, 1.165) is 5.56 Å². The third-order valence-electron chi connectivity index (χ3n) is 3.41. The number of carbonyl (C=O) groups is 1. The van der Waals surface area contributed by atoms with E-state index >= 15 is 0 Å². The Morgan fingerprint density at radius 2 is 1.84 bits per heavy atom. The van der Waals surface area contributed by atoms with Crippen LogP contribution in [0.4, 0.5) is 5.82 Å². The average Bonchev–Trinajstić information content (AvgIpc) is 2.58. The molecule has 0 bridgehead atoms. The van der Waals surface area contributed by atoms with Crippen molar-refractivity contribution in [1.29, 1.82) is 0 Å². The molecule has 1 amide bonds. The van der Waals surface area contributed by atoms with Crippen molar-refractivity contribution < 1.29 is 14.3 Å². The van der Waals surface area contributed by atoms with Crippen LogP contribution in [-0.2, 0) is 6.54 Å². The number of carbonyl (C=O) groups excluding carboxylic acids is 1. The minimum Gasteiger partial charge on any atom is -0.493 e. The minimum absolute atomic E-state index is 0.0472. The fraction of sp³-hybridized carbons (Fsp3) is 0.389. The second-order valence-electron chi connectivity index (χ2n) is 5.86. The minimum atomic E-state index is -0.213. The molecule has 25 heavy (non-hydrogen) atoms. The molecule has 0 radical (unpaired) electrons. The molecule has 0 unspecified atom stereocenters. The van der Waals surface area contributed by atoms with Gasteiger partial charge in [0.2, 0.25) is 0 Å². The Balaban J connectivity index is 2.13. The number of aryl methyl sites for hydroxylation is 1. The number of hydrogen-bond donors (Lipinski definition) is 2. The lowest BCUT2D eigenvalue weighted by molar-refractivity contribution is 0.0937. The van der Waals surface area contributed by atoms with E-state index in [2.05, 4.69) is 20.6 Å². The van der Waals surface area contributed by atoms with Crippen molar-refractivity contribution in [3.63, 3.8) is 0 Å². The molecule has 0 saturated carbocycles. The molecule has 0 aliphatic rings. The molecule has 0 aliphatic carbocycles.